The van der Waals surface area contributed by atoms with Crippen LogP contribution >= 0.6 is 0 Å². The van der Waals surface area contributed by atoms with Gasteiger partial charge in [0.2, 0.25) is 10.9 Å². The lowest BCUT2D eigenvalue weighted by Crippen LogP contribution is -2.36. The van der Waals surface area contributed by atoms with Crippen LogP contribution in [0.25, 0.3) is 6.08 Å². The first kappa shape index (κ1) is 16.5. The summed E-state index contributed by atoms with van der Waals surface area (Å²) in [6.07, 6.45) is 4.08. The zero-order valence-corrected chi connectivity index (χ0v) is 13.2. The van der Waals surface area contributed by atoms with Crippen molar-refractivity contribution in [3.8, 4) is 5.75 Å². The predicted octanol–water partition coefficient (Wildman–Crippen LogP) is 1.86. The van der Waals surface area contributed by atoms with Crippen LogP contribution in [0.3, 0.4) is 0 Å². The fraction of sp³-hybridized carbons (Fsp3) is 0.235. The summed E-state index contributed by atoms with van der Waals surface area (Å²) in [5.41, 5.74) is -0.466. The fourth-order valence-corrected chi connectivity index (χ4v) is 2.12. The van der Waals surface area contributed by atoms with E-state index in [0.29, 0.717) is 0 Å². The first-order chi connectivity index (χ1) is 10.9. The summed E-state index contributed by atoms with van der Waals surface area (Å²) in [6, 6.07) is 4.61. The highest BCUT2D eigenvalue weighted by molar-refractivity contribution is 5.98. The summed E-state index contributed by atoms with van der Waals surface area (Å²) >= 11 is 0. The summed E-state index contributed by atoms with van der Waals surface area (Å²) in [5, 5.41) is 13.0. The molecule has 0 aliphatic rings. The molecule has 0 aliphatic carbocycles. The number of hydrogen-bond acceptors (Lipinski definition) is 5. The third kappa shape index (κ3) is 3.01. The minimum atomic E-state index is -0.635. The van der Waals surface area contributed by atoms with Crippen LogP contribution in [0.15, 0.2) is 33.9 Å². The minimum absolute atomic E-state index is 0.115. The Morgan fingerprint density at radius 1 is 1.26 bits per heavy atom. The second kappa shape index (κ2) is 6.48. The topological polar surface area (TPSA) is 86.7 Å². The van der Waals surface area contributed by atoms with Crippen molar-refractivity contribution in [1.29, 1.82) is 0 Å². The van der Waals surface area contributed by atoms with Crippen LogP contribution < -0.4 is 16.2 Å². The number of phenols is 1. The molecule has 2 aromatic carbocycles. The molecule has 0 fully saturated rings. The van der Waals surface area contributed by atoms with Crippen molar-refractivity contribution in [3.63, 3.8) is 0 Å². The lowest BCUT2D eigenvalue weighted by molar-refractivity contribution is 0.0825. The van der Waals surface area contributed by atoms with Crippen molar-refractivity contribution in [2.45, 2.75) is 13.3 Å². The summed E-state index contributed by atoms with van der Waals surface area (Å²) in [5.74, 6) is -0.619. The van der Waals surface area contributed by atoms with Gasteiger partial charge in [0, 0.05) is 14.1 Å². The van der Waals surface area contributed by atoms with Crippen LogP contribution in [0.1, 0.15) is 29.3 Å². The minimum Gasteiger partial charge on any atom is -0.505 e. The van der Waals surface area contributed by atoms with Gasteiger partial charge >= 0.3 is 0 Å². The maximum Gasteiger partial charge on any atom is 0.257 e. The number of aromatic hydroxyl groups is 1. The lowest BCUT2D eigenvalue weighted by Gasteiger charge is -2.16. The highest BCUT2D eigenvalue weighted by atomic mass is 16.3. The van der Waals surface area contributed by atoms with Crippen molar-refractivity contribution in [3.05, 3.63) is 55.8 Å². The molecule has 0 saturated carbocycles. The first-order valence-corrected chi connectivity index (χ1v) is 7.19. The number of amides is 1. The van der Waals surface area contributed by atoms with E-state index >= 15 is 0 Å². The standard InChI is InChI=1S/C17H18N2O4/c1-4-5-7-10-13(16(22)15(10)21)18-12-9-6-8-11(14(12)20)17(23)19(2)3/h5-9,18,20H,4H2,1-3H3/b7-5-. The SMILES string of the molecule is CC/C=C\c1c(Nc2cccc(C(=O)N(C)C)c2O)c(=O)c1=O. The molecule has 0 spiro atoms. The number of anilines is 2. The molecule has 0 aliphatic heterocycles. The molecular weight excluding hydrogens is 296 g/mol. The van der Waals surface area contributed by atoms with Gasteiger partial charge in [-0.1, -0.05) is 25.1 Å². The molecule has 2 rings (SSSR count). The van der Waals surface area contributed by atoms with Crippen LogP contribution in [0.4, 0.5) is 11.4 Å². The van der Waals surface area contributed by atoms with Crippen molar-refractivity contribution < 1.29 is 9.90 Å². The molecule has 0 unspecified atom stereocenters. The summed E-state index contributed by atoms with van der Waals surface area (Å²) in [6.45, 7) is 1.91. The second-order valence-electron chi connectivity index (χ2n) is 5.28. The first-order valence-electron chi connectivity index (χ1n) is 7.19. The number of para-hydroxylation sites is 1. The van der Waals surface area contributed by atoms with Gasteiger partial charge in [0.1, 0.15) is 5.69 Å². The normalized spacial score (nSPS) is 11.1. The van der Waals surface area contributed by atoms with Crippen LogP contribution in [0, 0.1) is 0 Å². The van der Waals surface area contributed by atoms with E-state index in [1.54, 1.807) is 32.3 Å². The van der Waals surface area contributed by atoms with Gasteiger partial charge < -0.3 is 15.3 Å². The number of carbonyl (C=O) groups is 1. The van der Waals surface area contributed by atoms with E-state index in [4.69, 9.17) is 0 Å². The fourth-order valence-electron chi connectivity index (χ4n) is 2.12. The van der Waals surface area contributed by atoms with Crippen LogP contribution in [-0.2, 0) is 0 Å². The van der Waals surface area contributed by atoms with Gasteiger partial charge in [0.05, 0.1) is 16.8 Å². The largest absolute Gasteiger partial charge is 0.505 e. The molecule has 120 valence electrons. The summed E-state index contributed by atoms with van der Waals surface area (Å²) in [4.78, 5) is 36.7. The zero-order chi connectivity index (χ0) is 17.1. The smallest absolute Gasteiger partial charge is 0.257 e. The van der Waals surface area contributed by atoms with Crippen molar-refractivity contribution >= 4 is 23.4 Å². The van der Waals surface area contributed by atoms with Crippen LogP contribution in [0.5, 0.6) is 5.75 Å². The second-order valence-corrected chi connectivity index (χ2v) is 5.28. The van der Waals surface area contributed by atoms with E-state index in [1.165, 1.54) is 17.0 Å². The monoisotopic (exact) mass is 314 g/mol. The third-order valence-electron chi connectivity index (χ3n) is 3.40. The number of nitrogens with zero attached hydrogens (tertiary/aromatic N) is 1. The van der Waals surface area contributed by atoms with E-state index in [1.807, 2.05) is 6.92 Å². The van der Waals surface area contributed by atoms with E-state index in [0.717, 1.165) is 6.42 Å². The van der Waals surface area contributed by atoms with Crippen LogP contribution in [0.2, 0.25) is 0 Å². The number of rotatable bonds is 5. The highest BCUT2D eigenvalue weighted by Gasteiger charge is 2.21. The molecule has 0 atom stereocenters. The van der Waals surface area contributed by atoms with Gasteiger partial charge in [-0.25, -0.2) is 0 Å². The molecule has 1 amide bonds. The molecule has 0 heterocycles. The molecule has 2 N–H and O–H groups in total. The average molecular weight is 314 g/mol. The Labute approximate surface area is 133 Å². The summed E-state index contributed by atoms with van der Waals surface area (Å²) < 4.78 is 0. The van der Waals surface area contributed by atoms with E-state index in [9.17, 15) is 19.5 Å². The number of carbonyl (C=O) groups excluding carboxylic acids is 1. The molecule has 0 aromatic heterocycles. The Kier molecular flexibility index (Phi) is 4.64. The molecule has 6 nitrogen and oxygen atoms in total. The molecule has 2 aromatic rings. The maximum absolute atomic E-state index is 12.0. The number of hydrogen-bond donors (Lipinski definition) is 2. The van der Waals surface area contributed by atoms with Gasteiger partial charge in [-0.2, -0.15) is 0 Å². The Hall–Kier alpha value is -2.89. The van der Waals surface area contributed by atoms with E-state index in [2.05, 4.69) is 5.32 Å². The maximum atomic E-state index is 12.0. The quantitative estimate of drug-likeness (QED) is 0.650. The van der Waals surface area contributed by atoms with E-state index in [-0.39, 0.29) is 34.2 Å². The zero-order valence-electron chi connectivity index (χ0n) is 13.2. The van der Waals surface area contributed by atoms with Crippen LogP contribution in [-0.4, -0.2) is 30.0 Å². The van der Waals surface area contributed by atoms with Gasteiger partial charge in [-0.3, -0.25) is 14.4 Å². The summed E-state index contributed by atoms with van der Waals surface area (Å²) in [7, 11) is 3.15. The Balaban J connectivity index is 2.40. The van der Waals surface area contributed by atoms with Crippen molar-refractivity contribution in [2.24, 2.45) is 0 Å². The van der Waals surface area contributed by atoms with Gasteiger partial charge in [-0.05, 0) is 18.6 Å². The lowest BCUT2D eigenvalue weighted by atomic mass is 10.1. The molecule has 6 heteroatoms. The molecule has 0 radical (unpaired) electrons. The van der Waals surface area contributed by atoms with Crippen molar-refractivity contribution in [1.82, 2.24) is 4.90 Å². The molecule has 0 bridgehead atoms. The van der Waals surface area contributed by atoms with E-state index < -0.39 is 10.9 Å². The average Bonchev–Trinajstić information content (AvgIpc) is 2.54. The van der Waals surface area contributed by atoms with Crippen molar-refractivity contribution in [2.75, 3.05) is 19.4 Å². The Morgan fingerprint density at radius 3 is 2.57 bits per heavy atom. The highest BCUT2D eigenvalue weighted by Crippen LogP contribution is 2.31. The number of phenolic OH excluding ortho intramolecular Hbond substituents is 1. The number of allylic oxidation sites excluding steroid dienone is 1. The predicted molar refractivity (Wildman–Crippen MR) is 90.1 cm³/mol. The Bertz CT molecular complexity index is 843. The number of benzene rings is 1. The molecule has 23 heavy (non-hydrogen) atoms. The molecule has 0 saturated heterocycles. The Morgan fingerprint density at radius 2 is 1.96 bits per heavy atom. The number of nitrogens with one attached hydrogen (secondary N) is 1. The van der Waals surface area contributed by atoms with Gasteiger partial charge in [-0.15, -0.1) is 0 Å². The molecular formula is C17H18N2O4. The van der Waals surface area contributed by atoms with Gasteiger partial charge in [0.25, 0.3) is 5.91 Å². The third-order valence-corrected chi connectivity index (χ3v) is 3.40. The van der Waals surface area contributed by atoms with Gasteiger partial charge in [0.15, 0.2) is 5.75 Å².